The molecule has 0 saturated heterocycles. The van der Waals surface area contributed by atoms with E-state index in [2.05, 4.69) is 130 Å². The summed E-state index contributed by atoms with van der Waals surface area (Å²) in [5, 5.41) is 0. The molecule has 0 amide bonds. The molecule has 0 aliphatic carbocycles. The van der Waals surface area contributed by atoms with Crippen molar-refractivity contribution in [1.82, 2.24) is 9.88 Å². The Morgan fingerprint density at radius 2 is 1.36 bits per heavy atom. The van der Waals surface area contributed by atoms with Crippen LogP contribution in [0.1, 0.15) is 0 Å². The van der Waals surface area contributed by atoms with Gasteiger partial charge in [0.25, 0.3) is 6.85 Å². The van der Waals surface area contributed by atoms with Gasteiger partial charge >= 0.3 is 21.1 Å². The molecule has 188 valence electrons. The average Bonchev–Trinajstić information content (AvgIpc) is 3.43. The van der Waals surface area contributed by atoms with Gasteiger partial charge in [-0.1, -0.05) is 59.8 Å². The van der Waals surface area contributed by atoms with Crippen LogP contribution >= 0.6 is 0 Å². The van der Waals surface area contributed by atoms with E-state index in [0.717, 1.165) is 29.1 Å². The van der Waals surface area contributed by atoms with Crippen LogP contribution in [0.2, 0.25) is 0 Å². The first-order chi connectivity index (χ1) is 18.8. The molecule has 0 spiro atoms. The van der Waals surface area contributed by atoms with Crippen molar-refractivity contribution < 1.29 is 21.1 Å². The molecule has 1 aromatic heterocycles. The number of anilines is 3. The molecule has 0 unspecified atom stereocenters. The van der Waals surface area contributed by atoms with E-state index in [1.165, 1.54) is 39.1 Å². The van der Waals surface area contributed by atoms with Crippen molar-refractivity contribution in [3.8, 4) is 33.5 Å². The van der Waals surface area contributed by atoms with Gasteiger partial charge in [-0.05, 0) is 29.5 Å². The minimum atomic E-state index is -0.0577. The number of hydrogen-bond acceptors (Lipinski definition) is 4. The summed E-state index contributed by atoms with van der Waals surface area (Å²) in [4.78, 5) is 11.5. The molecule has 4 nitrogen and oxygen atoms in total. The van der Waals surface area contributed by atoms with Crippen molar-refractivity contribution >= 4 is 34.8 Å². The molecule has 3 aliphatic heterocycles. The molecule has 4 aromatic carbocycles. The van der Waals surface area contributed by atoms with Crippen molar-refractivity contribution in [2.75, 3.05) is 23.4 Å². The third-order valence-electron chi connectivity index (χ3n) is 7.78. The largest absolute Gasteiger partial charge is 2.00 e. The van der Waals surface area contributed by atoms with Crippen molar-refractivity contribution in [3.63, 3.8) is 0 Å². The Balaban J connectivity index is 0.00000253. The number of hydrogen-bond donors (Lipinski definition) is 0. The fraction of sp³-hybridized carbons (Fsp3) is 0.0606. The normalized spacial score (nSPS) is 14.2. The maximum absolute atomic E-state index is 4.63. The average molecular weight is 681 g/mol. The van der Waals surface area contributed by atoms with Gasteiger partial charge in [0.1, 0.15) is 0 Å². The Bertz CT molecular complexity index is 1750. The van der Waals surface area contributed by atoms with E-state index in [4.69, 9.17) is 0 Å². The zero-order valence-electron chi connectivity index (χ0n) is 21.3. The standard InChI is InChI=1S/C33H23BN4.Pt/c1-36-18-19-37(22-36)24-14-16-26-28-9-3-5-12-33(28)38-32-11-4-2-8-27(32)25-15-13-23(31-10-6-7-17-35-31)20-29(25)34(38)30(26)21-24;/h2-19H,22H2,1H3;/q-2;+2. The van der Waals surface area contributed by atoms with Gasteiger partial charge in [-0.2, -0.15) is 17.6 Å². The van der Waals surface area contributed by atoms with Crippen molar-refractivity contribution in [2.45, 2.75) is 0 Å². The second kappa shape index (κ2) is 9.29. The summed E-state index contributed by atoms with van der Waals surface area (Å²) in [5.41, 5.74) is 12.7. The van der Waals surface area contributed by atoms with Crippen molar-refractivity contribution in [2.24, 2.45) is 0 Å². The molecular weight excluding hydrogens is 658 g/mol. The second-order valence-corrected chi connectivity index (χ2v) is 10.1. The summed E-state index contributed by atoms with van der Waals surface area (Å²) >= 11 is 0. The summed E-state index contributed by atoms with van der Waals surface area (Å²) in [5.74, 6) is 0. The molecule has 0 saturated carbocycles. The van der Waals surface area contributed by atoms with Gasteiger partial charge in [0.05, 0.1) is 6.67 Å². The van der Waals surface area contributed by atoms with E-state index in [1.54, 1.807) is 0 Å². The zero-order chi connectivity index (χ0) is 25.2. The fourth-order valence-corrected chi connectivity index (χ4v) is 6.07. The van der Waals surface area contributed by atoms with Crippen molar-refractivity contribution in [3.05, 3.63) is 122 Å². The maximum Gasteiger partial charge on any atom is 2.00 e. The zero-order valence-corrected chi connectivity index (χ0v) is 23.6. The number of fused-ring (bicyclic) bond motifs is 11. The molecule has 39 heavy (non-hydrogen) atoms. The van der Waals surface area contributed by atoms with E-state index in [1.807, 2.05) is 18.3 Å². The third-order valence-corrected chi connectivity index (χ3v) is 7.78. The van der Waals surface area contributed by atoms with Crippen molar-refractivity contribution in [1.29, 1.82) is 0 Å². The topological polar surface area (TPSA) is 22.6 Å². The van der Waals surface area contributed by atoms with Gasteiger partial charge in [0.15, 0.2) is 0 Å². The molecule has 0 radical (unpaired) electrons. The Kier molecular flexibility index (Phi) is 5.71. The molecule has 0 N–H and O–H groups in total. The smallest absolute Gasteiger partial charge is 0.381 e. The molecule has 0 atom stereocenters. The van der Waals surface area contributed by atoms with Crippen LogP contribution in [0, 0.1) is 12.1 Å². The van der Waals surface area contributed by atoms with E-state index >= 15 is 0 Å². The SMILES string of the molecule is CN1C=CN(c2[c-]c3c(cc2)-c2ccccc2N2B3c3[c-]c(-c4ccccn4)ccc3-c3ccccc32)C1.[Pt+2]. The Hall–Kier alpha value is -4.08. The molecule has 0 fully saturated rings. The van der Waals surface area contributed by atoms with Crippen LogP contribution in [-0.2, 0) is 21.1 Å². The number of pyridine rings is 1. The Labute approximate surface area is 243 Å². The van der Waals surface area contributed by atoms with Crippen LogP contribution in [0.4, 0.5) is 17.1 Å². The third kappa shape index (κ3) is 3.68. The predicted octanol–water partition coefficient (Wildman–Crippen LogP) is 5.43. The summed E-state index contributed by atoms with van der Waals surface area (Å²) in [6, 6.07) is 40.0. The van der Waals surface area contributed by atoms with Crippen LogP contribution in [0.15, 0.2) is 110 Å². The fourth-order valence-electron chi connectivity index (χ4n) is 6.07. The van der Waals surface area contributed by atoms with Crippen LogP contribution < -0.4 is 20.6 Å². The molecule has 0 bridgehead atoms. The van der Waals surface area contributed by atoms with Gasteiger partial charge in [0.2, 0.25) is 0 Å². The Morgan fingerprint density at radius 3 is 2.03 bits per heavy atom. The van der Waals surface area contributed by atoms with Gasteiger partial charge < -0.3 is 19.6 Å². The van der Waals surface area contributed by atoms with E-state index in [9.17, 15) is 0 Å². The van der Waals surface area contributed by atoms with Crippen LogP contribution in [0.3, 0.4) is 0 Å². The van der Waals surface area contributed by atoms with Gasteiger partial charge in [-0.15, -0.1) is 46.4 Å². The summed E-state index contributed by atoms with van der Waals surface area (Å²) in [6.07, 6.45) is 6.08. The maximum atomic E-state index is 4.63. The number of rotatable bonds is 2. The van der Waals surface area contributed by atoms with E-state index in [0.29, 0.717) is 0 Å². The minimum absolute atomic E-state index is 0. The first-order valence-electron chi connectivity index (χ1n) is 12.9. The summed E-state index contributed by atoms with van der Waals surface area (Å²) in [6.45, 7) is 0.757. The van der Waals surface area contributed by atoms with Gasteiger partial charge in [0, 0.05) is 37.0 Å². The monoisotopic (exact) mass is 681 g/mol. The molecule has 6 heteroatoms. The molecule has 5 aromatic rings. The first-order valence-corrected chi connectivity index (χ1v) is 12.9. The Morgan fingerprint density at radius 1 is 0.692 bits per heavy atom. The van der Waals surface area contributed by atoms with E-state index < -0.39 is 0 Å². The molecular formula is C33H23BN4Pt. The number of aromatic nitrogens is 1. The minimum Gasteiger partial charge on any atom is -0.381 e. The number of nitrogens with zero attached hydrogens (tertiary/aromatic N) is 4. The van der Waals surface area contributed by atoms with Gasteiger partial charge in [-0.3, -0.25) is 0 Å². The predicted molar refractivity (Wildman–Crippen MR) is 156 cm³/mol. The number of benzene rings is 4. The summed E-state index contributed by atoms with van der Waals surface area (Å²) < 4.78 is 0. The molecule has 8 rings (SSSR count). The molecule has 3 aliphatic rings. The van der Waals surface area contributed by atoms with Crippen LogP contribution in [-0.4, -0.2) is 30.4 Å². The quantitative estimate of drug-likeness (QED) is 0.183. The number of para-hydroxylation sites is 2. The summed E-state index contributed by atoms with van der Waals surface area (Å²) in [7, 11) is 2.09. The first kappa shape index (κ1) is 24.0. The van der Waals surface area contributed by atoms with Crippen LogP contribution in [0.25, 0.3) is 33.5 Å². The molecule has 4 heterocycles. The second-order valence-electron chi connectivity index (χ2n) is 10.1. The van der Waals surface area contributed by atoms with E-state index in [-0.39, 0.29) is 27.9 Å². The van der Waals surface area contributed by atoms with Crippen LogP contribution in [0.5, 0.6) is 0 Å². The van der Waals surface area contributed by atoms with Gasteiger partial charge in [-0.25, -0.2) is 0 Å².